The quantitative estimate of drug-likeness (QED) is 0.336. The first-order chi connectivity index (χ1) is 15.4. The Morgan fingerprint density at radius 1 is 1.34 bits per heavy atom. The summed E-state index contributed by atoms with van der Waals surface area (Å²) in [6.07, 6.45) is 0. The van der Waals surface area contributed by atoms with E-state index in [9.17, 15) is 14.9 Å². The summed E-state index contributed by atoms with van der Waals surface area (Å²) in [5.41, 5.74) is 0.731. The second kappa shape index (κ2) is 11.0. The highest BCUT2D eigenvalue weighted by molar-refractivity contribution is 7.99. The Bertz CT molecular complexity index is 1150. The van der Waals surface area contributed by atoms with Gasteiger partial charge in [0.05, 0.1) is 17.9 Å². The zero-order valence-corrected chi connectivity index (χ0v) is 19.5. The third kappa shape index (κ3) is 6.00. The maximum atomic E-state index is 12.4. The molecule has 2 N–H and O–H groups in total. The minimum absolute atomic E-state index is 0.0197. The first-order valence-electron chi connectivity index (χ1n) is 9.34. The van der Waals surface area contributed by atoms with Crippen molar-refractivity contribution in [3.63, 3.8) is 0 Å². The normalized spacial score (nSPS) is 10.4. The van der Waals surface area contributed by atoms with Crippen LogP contribution in [0.3, 0.4) is 0 Å². The number of aromatic nitrogens is 3. The summed E-state index contributed by atoms with van der Waals surface area (Å²) in [4.78, 5) is 29.0. The highest BCUT2D eigenvalue weighted by atomic mass is 35.5. The number of hydrogen-bond acceptors (Lipinski definition) is 9. The van der Waals surface area contributed by atoms with E-state index in [0.717, 1.165) is 23.1 Å². The number of carbonyl (C=O) groups excluding carboxylic acids is 2. The second-order valence-corrected chi connectivity index (χ2v) is 8.64. The van der Waals surface area contributed by atoms with Gasteiger partial charge in [0.25, 0.3) is 0 Å². The van der Waals surface area contributed by atoms with Gasteiger partial charge in [-0.2, -0.15) is 5.26 Å². The number of aromatic amines is 1. The molecule has 12 heteroatoms. The average molecular weight is 492 g/mol. The fourth-order valence-electron chi connectivity index (χ4n) is 2.51. The number of thioether (sulfide) groups is 1. The van der Waals surface area contributed by atoms with Crippen LogP contribution in [0, 0.1) is 18.3 Å². The summed E-state index contributed by atoms with van der Waals surface area (Å²) in [6.45, 7) is 3.75. The van der Waals surface area contributed by atoms with Gasteiger partial charge in [-0.3, -0.25) is 9.89 Å². The molecule has 2 heterocycles. The Hall–Kier alpha value is -3.07. The molecule has 0 unspecified atom stereocenters. The van der Waals surface area contributed by atoms with Crippen LogP contribution in [-0.2, 0) is 16.1 Å². The van der Waals surface area contributed by atoms with Crippen LogP contribution in [0.25, 0.3) is 0 Å². The van der Waals surface area contributed by atoms with Crippen LogP contribution in [-0.4, -0.2) is 39.4 Å². The molecule has 0 atom stereocenters. The van der Waals surface area contributed by atoms with Gasteiger partial charge in [-0.1, -0.05) is 23.4 Å². The van der Waals surface area contributed by atoms with Gasteiger partial charge >= 0.3 is 5.97 Å². The van der Waals surface area contributed by atoms with Crippen LogP contribution in [0.2, 0.25) is 5.02 Å². The minimum Gasteiger partial charge on any atom is -0.486 e. The smallest absolute Gasteiger partial charge is 0.348 e. The van der Waals surface area contributed by atoms with Gasteiger partial charge in [0.1, 0.15) is 28.3 Å². The monoisotopic (exact) mass is 491 g/mol. The average Bonchev–Trinajstić information content (AvgIpc) is 3.36. The molecular weight excluding hydrogens is 474 g/mol. The van der Waals surface area contributed by atoms with Gasteiger partial charge in [0.2, 0.25) is 11.1 Å². The number of ether oxygens (including phenoxy) is 2. The van der Waals surface area contributed by atoms with E-state index in [0.29, 0.717) is 37.2 Å². The lowest BCUT2D eigenvalue weighted by molar-refractivity contribution is -0.113. The van der Waals surface area contributed by atoms with Crippen LogP contribution in [0.1, 0.15) is 33.5 Å². The molecule has 0 fully saturated rings. The molecule has 3 rings (SSSR count). The molecular formula is C20H18ClN5O4S2. The highest BCUT2D eigenvalue weighted by Crippen LogP contribution is 2.33. The van der Waals surface area contributed by atoms with Crippen molar-refractivity contribution in [1.29, 1.82) is 5.26 Å². The van der Waals surface area contributed by atoms with E-state index in [-0.39, 0.29) is 30.4 Å². The van der Waals surface area contributed by atoms with E-state index in [1.807, 2.05) is 6.07 Å². The highest BCUT2D eigenvalue weighted by Gasteiger charge is 2.22. The molecule has 0 saturated heterocycles. The van der Waals surface area contributed by atoms with E-state index < -0.39 is 5.97 Å². The molecule has 0 aliphatic heterocycles. The van der Waals surface area contributed by atoms with Crippen molar-refractivity contribution in [3.8, 4) is 11.8 Å². The first-order valence-corrected chi connectivity index (χ1v) is 11.5. The summed E-state index contributed by atoms with van der Waals surface area (Å²) in [5.74, 6) is 0.289. The largest absolute Gasteiger partial charge is 0.486 e. The molecule has 9 nitrogen and oxygen atoms in total. The van der Waals surface area contributed by atoms with Crippen LogP contribution in [0.15, 0.2) is 29.4 Å². The number of benzene rings is 1. The molecule has 0 radical (unpaired) electrons. The summed E-state index contributed by atoms with van der Waals surface area (Å²) < 4.78 is 10.6. The van der Waals surface area contributed by atoms with Gasteiger partial charge in [-0.15, -0.1) is 16.4 Å². The molecule has 1 amide bonds. The maximum Gasteiger partial charge on any atom is 0.348 e. The number of nitriles is 1. The Morgan fingerprint density at radius 2 is 2.09 bits per heavy atom. The molecule has 32 heavy (non-hydrogen) atoms. The van der Waals surface area contributed by atoms with Crippen molar-refractivity contribution < 1.29 is 19.1 Å². The lowest BCUT2D eigenvalue weighted by Gasteiger charge is -2.03. The summed E-state index contributed by atoms with van der Waals surface area (Å²) >= 11 is 7.98. The number of rotatable bonds is 9. The third-order valence-corrected chi connectivity index (χ3v) is 6.29. The lowest BCUT2D eigenvalue weighted by Crippen LogP contribution is -2.14. The number of halogens is 1. The Labute approximate surface area is 197 Å². The number of anilines is 1. The van der Waals surface area contributed by atoms with Gasteiger partial charge in [0, 0.05) is 5.02 Å². The second-order valence-electron chi connectivity index (χ2n) is 6.24. The number of carbonyl (C=O) groups is 2. The molecule has 3 aromatic rings. The number of nitrogens with zero attached hydrogens (tertiary/aromatic N) is 3. The number of hydrogen-bond donors (Lipinski definition) is 2. The minimum atomic E-state index is -0.518. The van der Waals surface area contributed by atoms with Gasteiger partial charge in [-0.05, 0) is 43.7 Å². The summed E-state index contributed by atoms with van der Waals surface area (Å²) in [5, 5.41) is 20.2. The van der Waals surface area contributed by atoms with Crippen LogP contribution in [0.5, 0.6) is 5.75 Å². The zero-order valence-electron chi connectivity index (χ0n) is 17.1. The molecule has 0 spiro atoms. The third-order valence-electron chi connectivity index (χ3n) is 4.01. The van der Waals surface area contributed by atoms with Crippen LogP contribution >= 0.6 is 34.7 Å². The number of amides is 1. The van der Waals surface area contributed by atoms with Crippen molar-refractivity contribution in [3.05, 3.63) is 51.1 Å². The van der Waals surface area contributed by atoms with Crippen molar-refractivity contribution >= 4 is 51.6 Å². The number of H-pyrrole nitrogens is 1. The number of thiophene rings is 1. The summed E-state index contributed by atoms with van der Waals surface area (Å²) in [7, 11) is 0. The lowest BCUT2D eigenvalue weighted by atomic mass is 10.2. The van der Waals surface area contributed by atoms with Crippen molar-refractivity contribution in [2.24, 2.45) is 0 Å². The predicted octanol–water partition coefficient (Wildman–Crippen LogP) is 4.19. The van der Waals surface area contributed by atoms with Gasteiger partial charge in [0.15, 0.2) is 5.82 Å². The molecule has 166 valence electrons. The fourth-order valence-corrected chi connectivity index (χ4v) is 4.32. The SMILES string of the molecule is CCOC(=O)c1sc(NC(=O)CSc2n[nH]c(COc3ccc(Cl)cc3)n2)c(C#N)c1C. The molecule has 0 bridgehead atoms. The van der Waals surface area contributed by atoms with Gasteiger partial charge in [-0.25, -0.2) is 9.78 Å². The predicted molar refractivity (Wildman–Crippen MR) is 121 cm³/mol. The van der Waals surface area contributed by atoms with E-state index >= 15 is 0 Å². The fraction of sp³-hybridized carbons (Fsp3) is 0.250. The zero-order chi connectivity index (χ0) is 23.1. The molecule has 2 aromatic heterocycles. The van der Waals surface area contributed by atoms with Crippen molar-refractivity contribution in [1.82, 2.24) is 15.2 Å². The maximum absolute atomic E-state index is 12.4. The Morgan fingerprint density at radius 3 is 2.78 bits per heavy atom. The molecule has 0 saturated carbocycles. The molecule has 1 aromatic carbocycles. The van der Waals surface area contributed by atoms with E-state index in [2.05, 4.69) is 20.5 Å². The van der Waals surface area contributed by atoms with Crippen molar-refractivity contribution in [2.75, 3.05) is 17.7 Å². The van der Waals surface area contributed by atoms with E-state index in [4.69, 9.17) is 21.1 Å². The standard InChI is InChI=1S/C20H18ClN5O4S2/c1-3-29-19(28)17-11(2)14(8-22)18(32-17)24-16(27)10-31-20-23-15(25-26-20)9-30-13-6-4-12(21)5-7-13/h4-7H,3,9-10H2,1-2H3,(H,24,27)(H,23,25,26). The Balaban J connectivity index is 1.54. The number of nitrogens with one attached hydrogen (secondary N) is 2. The number of esters is 1. The topological polar surface area (TPSA) is 130 Å². The molecule has 0 aliphatic carbocycles. The van der Waals surface area contributed by atoms with Crippen molar-refractivity contribution in [2.45, 2.75) is 25.6 Å². The molecule has 0 aliphatic rings. The Kier molecular flexibility index (Phi) is 8.10. The van der Waals surface area contributed by atoms with E-state index in [1.54, 1.807) is 38.1 Å². The van der Waals surface area contributed by atoms with Crippen LogP contribution in [0.4, 0.5) is 5.00 Å². The first kappa shape index (κ1) is 23.6. The van der Waals surface area contributed by atoms with Crippen LogP contribution < -0.4 is 10.1 Å². The summed E-state index contributed by atoms with van der Waals surface area (Å²) in [6, 6.07) is 8.96. The van der Waals surface area contributed by atoms with Gasteiger partial charge < -0.3 is 14.8 Å². The van der Waals surface area contributed by atoms with E-state index in [1.165, 1.54) is 0 Å².